The van der Waals surface area contributed by atoms with E-state index >= 15 is 0 Å². The molecular weight excluding hydrogens is 377 g/mol. The van der Waals surface area contributed by atoms with Crippen LogP contribution in [0.4, 0.5) is 0 Å². The van der Waals surface area contributed by atoms with Crippen LogP contribution in [0.3, 0.4) is 0 Å². The van der Waals surface area contributed by atoms with Crippen LogP contribution in [0, 0.1) is 0 Å². The number of phenolic OH excluding ortho intramolecular Hbond substituents is 1. The maximum atomic E-state index is 12.4. The van der Waals surface area contributed by atoms with E-state index in [1.165, 1.54) is 6.07 Å². The standard InChI is InChI=1S/C15H13Cl2NO5S/c16-10-6-11(17)15(19)14(7-10)24(20,21)18-8-9-1-2-12-13(5-9)23-4-3-22-12/h1-2,5-7,18-19H,3-4,8H2. The second-order valence-electron chi connectivity index (χ2n) is 5.04. The Morgan fingerprint density at radius 2 is 1.79 bits per heavy atom. The molecule has 0 amide bonds. The molecule has 0 atom stereocenters. The molecule has 2 aromatic carbocycles. The molecule has 3 rings (SSSR count). The van der Waals surface area contributed by atoms with Crippen molar-refractivity contribution in [2.45, 2.75) is 11.4 Å². The summed E-state index contributed by atoms with van der Waals surface area (Å²) in [6, 6.07) is 7.53. The Hall–Kier alpha value is -1.67. The number of aromatic hydroxyl groups is 1. The van der Waals surface area contributed by atoms with Crippen LogP contribution in [-0.2, 0) is 16.6 Å². The van der Waals surface area contributed by atoms with Crippen molar-refractivity contribution < 1.29 is 23.0 Å². The zero-order chi connectivity index (χ0) is 17.3. The van der Waals surface area contributed by atoms with E-state index in [1.807, 2.05) is 0 Å². The van der Waals surface area contributed by atoms with Gasteiger partial charge in [0.25, 0.3) is 0 Å². The number of benzene rings is 2. The summed E-state index contributed by atoms with van der Waals surface area (Å²) in [5.74, 6) is 0.634. The highest BCUT2D eigenvalue weighted by molar-refractivity contribution is 7.89. The largest absolute Gasteiger partial charge is 0.505 e. The van der Waals surface area contributed by atoms with Crippen molar-refractivity contribution in [3.8, 4) is 17.2 Å². The number of fused-ring (bicyclic) bond motifs is 1. The Bertz CT molecular complexity index is 886. The first kappa shape index (κ1) is 17.2. The Balaban J connectivity index is 1.81. The third kappa shape index (κ3) is 3.54. The lowest BCUT2D eigenvalue weighted by Crippen LogP contribution is -2.23. The van der Waals surface area contributed by atoms with E-state index in [4.69, 9.17) is 32.7 Å². The molecule has 1 aliphatic rings. The van der Waals surface area contributed by atoms with Crippen LogP contribution in [0.1, 0.15) is 5.56 Å². The number of phenols is 1. The highest BCUT2D eigenvalue weighted by Gasteiger charge is 2.22. The molecule has 6 nitrogen and oxygen atoms in total. The Morgan fingerprint density at radius 3 is 2.54 bits per heavy atom. The summed E-state index contributed by atoms with van der Waals surface area (Å²) in [6.07, 6.45) is 0. The molecule has 0 spiro atoms. The van der Waals surface area contributed by atoms with E-state index in [0.717, 1.165) is 6.07 Å². The van der Waals surface area contributed by atoms with Crippen LogP contribution in [-0.4, -0.2) is 26.7 Å². The molecule has 0 saturated carbocycles. The van der Waals surface area contributed by atoms with Crippen molar-refractivity contribution >= 4 is 33.2 Å². The SMILES string of the molecule is O=S(=O)(NCc1ccc2c(c1)OCCO2)c1cc(Cl)cc(Cl)c1O. The third-order valence-electron chi connectivity index (χ3n) is 3.36. The fourth-order valence-electron chi connectivity index (χ4n) is 2.20. The number of hydrogen-bond donors (Lipinski definition) is 2. The summed E-state index contributed by atoms with van der Waals surface area (Å²) in [5.41, 5.74) is 0.676. The number of rotatable bonds is 4. The minimum atomic E-state index is -4.00. The lowest BCUT2D eigenvalue weighted by molar-refractivity contribution is 0.171. The van der Waals surface area contributed by atoms with E-state index < -0.39 is 15.8 Å². The first-order chi connectivity index (χ1) is 11.4. The fourth-order valence-corrected chi connectivity index (χ4v) is 3.97. The number of ether oxygens (including phenoxy) is 2. The highest BCUT2D eigenvalue weighted by atomic mass is 35.5. The van der Waals surface area contributed by atoms with Crippen molar-refractivity contribution in [2.24, 2.45) is 0 Å². The molecule has 0 fully saturated rings. The minimum Gasteiger partial charge on any atom is -0.505 e. The summed E-state index contributed by atoms with van der Waals surface area (Å²) < 4.78 is 38.0. The quantitative estimate of drug-likeness (QED) is 0.839. The highest BCUT2D eigenvalue weighted by Crippen LogP contribution is 2.34. The van der Waals surface area contributed by atoms with Gasteiger partial charge in [-0.3, -0.25) is 0 Å². The second-order valence-corrected chi connectivity index (χ2v) is 7.62. The molecule has 1 aliphatic heterocycles. The molecule has 2 aromatic rings. The van der Waals surface area contributed by atoms with Gasteiger partial charge >= 0.3 is 0 Å². The van der Waals surface area contributed by atoms with Gasteiger partial charge in [-0.05, 0) is 29.8 Å². The average molecular weight is 390 g/mol. The maximum absolute atomic E-state index is 12.4. The van der Waals surface area contributed by atoms with E-state index in [9.17, 15) is 13.5 Å². The topological polar surface area (TPSA) is 84.9 Å². The monoisotopic (exact) mass is 389 g/mol. The molecule has 24 heavy (non-hydrogen) atoms. The molecule has 0 aliphatic carbocycles. The molecule has 0 radical (unpaired) electrons. The summed E-state index contributed by atoms with van der Waals surface area (Å²) in [7, 11) is -4.00. The fraction of sp³-hybridized carbons (Fsp3) is 0.200. The lowest BCUT2D eigenvalue weighted by atomic mass is 10.2. The van der Waals surface area contributed by atoms with Crippen molar-refractivity contribution in [1.29, 1.82) is 0 Å². The van der Waals surface area contributed by atoms with Gasteiger partial charge in [-0.25, -0.2) is 13.1 Å². The van der Waals surface area contributed by atoms with Gasteiger partial charge in [0, 0.05) is 11.6 Å². The number of hydrogen-bond acceptors (Lipinski definition) is 5. The molecule has 0 unspecified atom stereocenters. The van der Waals surface area contributed by atoms with Gasteiger partial charge in [-0.1, -0.05) is 29.3 Å². The Kier molecular flexibility index (Phi) is 4.78. The zero-order valence-corrected chi connectivity index (χ0v) is 14.6. The van der Waals surface area contributed by atoms with Crippen molar-refractivity contribution in [3.63, 3.8) is 0 Å². The first-order valence-corrected chi connectivity index (χ1v) is 9.17. The predicted octanol–water partition coefficient (Wildman–Crippen LogP) is 2.95. The normalized spacial score (nSPS) is 13.8. The van der Waals surface area contributed by atoms with Crippen LogP contribution in [0.5, 0.6) is 17.2 Å². The molecule has 2 N–H and O–H groups in total. The first-order valence-electron chi connectivity index (χ1n) is 6.93. The minimum absolute atomic E-state index is 0.00253. The van der Waals surface area contributed by atoms with E-state index in [0.29, 0.717) is 30.3 Å². The average Bonchev–Trinajstić information content (AvgIpc) is 2.56. The van der Waals surface area contributed by atoms with Crippen LogP contribution >= 0.6 is 23.2 Å². The maximum Gasteiger partial charge on any atom is 0.244 e. The number of nitrogens with one attached hydrogen (secondary N) is 1. The molecular formula is C15H13Cl2NO5S. The van der Waals surface area contributed by atoms with Gasteiger partial charge < -0.3 is 14.6 Å². The molecule has 0 bridgehead atoms. The molecule has 1 heterocycles. The molecule has 0 saturated heterocycles. The summed E-state index contributed by atoms with van der Waals surface area (Å²) in [4.78, 5) is -0.377. The number of sulfonamides is 1. The molecule has 9 heteroatoms. The van der Waals surface area contributed by atoms with Crippen LogP contribution in [0.25, 0.3) is 0 Å². The van der Waals surface area contributed by atoms with Crippen molar-refractivity contribution in [2.75, 3.05) is 13.2 Å². The van der Waals surface area contributed by atoms with E-state index in [-0.39, 0.29) is 21.5 Å². The molecule has 128 valence electrons. The lowest BCUT2D eigenvalue weighted by Gasteiger charge is -2.19. The van der Waals surface area contributed by atoms with Gasteiger partial charge in [-0.15, -0.1) is 0 Å². The molecule has 0 aromatic heterocycles. The summed E-state index contributed by atoms with van der Waals surface area (Å²) in [5, 5.41) is 9.84. The van der Waals surface area contributed by atoms with Gasteiger partial charge in [0.2, 0.25) is 10.0 Å². The van der Waals surface area contributed by atoms with Gasteiger partial charge in [0.15, 0.2) is 17.2 Å². The van der Waals surface area contributed by atoms with E-state index in [2.05, 4.69) is 4.72 Å². The van der Waals surface area contributed by atoms with Gasteiger partial charge in [-0.2, -0.15) is 0 Å². The number of halogens is 2. The predicted molar refractivity (Wildman–Crippen MR) is 89.6 cm³/mol. The smallest absolute Gasteiger partial charge is 0.244 e. The second kappa shape index (κ2) is 6.68. The van der Waals surface area contributed by atoms with Crippen LogP contribution < -0.4 is 14.2 Å². The van der Waals surface area contributed by atoms with E-state index in [1.54, 1.807) is 18.2 Å². The van der Waals surface area contributed by atoms with Crippen molar-refractivity contribution in [1.82, 2.24) is 4.72 Å². The Labute approximate surface area is 149 Å². The Morgan fingerprint density at radius 1 is 1.08 bits per heavy atom. The van der Waals surface area contributed by atoms with Gasteiger partial charge in [0.05, 0.1) is 5.02 Å². The zero-order valence-electron chi connectivity index (χ0n) is 12.3. The van der Waals surface area contributed by atoms with Crippen molar-refractivity contribution in [3.05, 3.63) is 45.9 Å². The summed E-state index contributed by atoms with van der Waals surface area (Å²) >= 11 is 11.6. The summed E-state index contributed by atoms with van der Waals surface area (Å²) in [6.45, 7) is 0.924. The van der Waals surface area contributed by atoms with Gasteiger partial charge in [0.1, 0.15) is 18.1 Å². The van der Waals surface area contributed by atoms with Crippen LogP contribution in [0.15, 0.2) is 35.2 Å². The van der Waals surface area contributed by atoms with Crippen LogP contribution in [0.2, 0.25) is 10.0 Å². The third-order valence-corrected chi connectivity index (χ3v) is 5.28.